The van der Waals surface area contributed by atoms with Crippen molar-refractivity contribution in [3.63, 3.8) is 0 Å². The topological polar surface area (TPSA) is 38.7 Å². The second kappa shape index (κ2) is 7.93. The van der Waals surface area contributed by atoms with E-state index in [9.17, 15) is 4.79 Å². The Morgan fingerprint density at radius 2 is 1.88 bits per heavy atom. The molecule has 0 bridgehead atoms. The van der Waals surface area contributed by atoms with Crippen LogP contribution in [0.1, 0.15) is 50.8 Å². The molecule has 3 nitrogen and oxygen atoms in total. The van der Waals surface area contributed by atoms with Crippen molar-refractivity contribution < 1.29 is 9.63 Å². The molecule has 0 heterocycles. The number of hydrogen-bond donors (Lipinski definition) is 0. The van der Waals surface area contributed by atoms with Crippen molar-refractivity contribution in [1.82, 2.24) is 0 Å². The van der Waals surface area contributed by atoms with E-state index in [4.69, 9.17) is 4.84 Å². The summed E-state index contributed by atoms with van der Waals surface area (Å²) in [5.74, 6) is 0.639. The zero-order chi connectivity index (χ0) is 18.6. The molecule has 2 rings (SSSR count). The van der Waals surface area contributed by atoms with Crippen molar-refractivity contribution in [2.45, 2.75) is 41.0 Å². The molecule has 1 aliphatic rings. The molecule has 0 spiro atoms. The second-order valence-corrected chi connectivity index (χ2v) is 6.54. The molecule has 0 fully saturated rings. The molecule has 0 N–H and O–H groups in total. The molecule has 0 unspecified atom stereocenters. The number of rotatable bonds is 5. The highest BCUT2D eigenvalue weighted by atomic mass is 16.6. The van der Waals surface area contributed by atoms with Gasteiger partial charge in [-0.05, 0) is 75.4 Å². The third-order valence-electron chi connectivity index (χ3n) is 4.08. The van der Waals surface area contributed by atoms with Gasteiger partial charge in [0.1, 0.15) is 5.76 Å². The van der Waals surface area contributed by atoms with E-state index >= 15 is 0 Å². The van der Waals surface area contributed by atoms with Gasteiger partial charge < -0.3 is 4.84 Å². The lowest BCUT2D eigenvalue weighted by atomic mass is 9.92. The van der Waals surface area contributed by atoms with Crippen molar-refractivity contribution in [1.29, 1.82) is 0 Å². The number of hydrogen-bond acceptors (Lipinski definition) is 3. The van der Waals surface area contributed by atoms with Crippen LogP contribution in [0.15, 0.2) is 65.1 Å². The summed E-state index contributed by atoms with van der Waals surface area (Å²) in [6.07, 6.45) is 6.76. The minimum Gasteiger partial charge on any atom is -0.362 e. The smallest absolute Gasteiger partial charge is 0.159 e. The highest BCUT2D eigenvalue weighted by molar-refractivity contribution is 6.00. The zero-order valence-electron chi connectivity index (χ0n) is 15.6. The van der Waals surface area contributed by atoms with Crippen LogP contribution in [-0.4, -0.2) is 11.5 Å². The molecule has 25 heavy (non-hydrogen) atoms. The maximum Gasteiger partial charge on any atom is 0.159 e. The van der Waals surface area contributed by atoms with Crippen LogP contribution in [0.5, 0.6) is 0 Å². The lowest BCUT2D eigenvalue weighted by Crippen LogP contribution is -2.00. The van der Waals surface area contributed by atoms with Gasteiger partial charge in [0.05, 0.1) is 5.71 Å². The number of ketones is 1. The molecule has 0 atom stereocenters. The molecule has 3 heteroatoms. The summed E-state index contributed by atoms with van der Waals surface area (Å²) in [6.45, 7) is 13.1. The van der Waals surface area contributed by atoms with E-state index in [2.05, 4.69) is 37.7 Å². The van der Waals surface area contributed by atoms with E-state index in [0.717, 1.165) is 40.0 Å². The number of oxime groups is 1. The average molecular weight is 335 g/mol. The van der Waals surface area contributed by atoms with Gasteiger partial charge in [-0.15, -0.1) is 0 Å². The number of benzene rings is 1. The summed E-state index contributed by atoms with van der Waals surface area (Å²) < 4.78 is 0. The van der Waals surface area contributed by atoms with Crippen molar-refractivity contribution in [2.24, 2.45) is 5.16 Å². The van der Waals surface area contributed by atoms with Crippen LogP contribution in [0.4, 0.5) is 0 Å². The van der Waals surface area contributed by atoms with E-state index in [1.165, 1.54) is 5.57 Å². The molecule has 0 aromatic heterocycles. The van der Waals surface area contributed by atoms with E-state index in [1.54, 1.807) is 13.8 Å². The Bertz CT molecular complexity index is 836. The van der Waals surface area contributed by atoms with Crippen molar-refractivity contribution in [2.75, 3.05) is 0 Å². The first-order chi connectivity index (χ1) is 11.8. The summed E-state index contributed by atoms with van der Waals surface area (Å²) >= 11 is 0. The predicted molar refractivity (Wildman–Crippen MR) is 104 cm³/mol. The van der Waals surface area contributed by atoms with Gasteiger partial charge in [-0.2, -0.15) is 0 Å². The van der Waals surface area contributed by atoms with E-state index in [1.807, 2.05) is 31.2 Å². The molecule has 0 saturated heterocycles. The molecule has 0 radical (unpaired) electrons. The summed E-state index contributed by atoms with van der Waals surface area (Å²) in [5.41, 5.74) is 7.23. The summed E-state index contributed by atoms with van der Waals surface area (Å²) in [4.78, 5) is 17.0. The highest BCUT2D eigenvalue weighted by Crippen LogP contribution is 2.29. The number of Topliss-reactive ketones (excluding diaryl/α,β-unsaturated/α-hetero) is 1. The third-order valence-corrected chi connectivity index (χ3v) is 4.08. The Balaban J connectivity index is 2.39. The number of nitrogens with zero attached hydrogens (tertiary/aromatic N) is 1. The fourth-order valence-electron chi connectivity index (χ4n) is 2.72. The van der Waals surface area contributed by atoms with Gasteiger partial charge in [0, 0.05) is 5.57 Å². The monoisotopic (exact) mass is 335 g/mol. The summed E-state index contributed by atoms with van der Waals surface area (Å²) in [6, 6.07) is 6.22. The molecule has 1 aromatic rings. The standard InChI is InChI=1S/C22H25NO2/c1-14(2)25-23-17(5)19-9-10-22(16(4)12-19)21-11-15(3)7-8-20(13-21)18(6)24/h7-10,12-13H,1,11H2,2-6H3/b23-17+. The number of allylic oxidation sites excluding steroid dienone is 7. The fraction of sp³-hybridized carbons (Fsp3) is 0.273. The molecule has 0 amide bonds. The zero-order valence-corrected chi connectivity index (χ0v) is 15.6. The normalized spacial score (nSPS) is 14.9. The number of carbonyl (C=O) groups is 1. The Hall–Kier alpha value is -2.68. The van der Waals surface area contributed by atoms with Crippen LogP contribution < -0.4 is 0 Å². The Morgan fingerprint density at radius 1 is 1.16 bits per heavy atom. The average Bonchev–Trinajstić information content (AvgIpc) is 2.74. The minimum absolute atomic E-state index is 0.0812. The highest BCUT2D eigenvalue weighted by Gasteiger charge is 2.12. The Kier molecular flexibility index (Phi) is 5.92. The number of carbonyl (C=O) groups excluding carboxylic acids is 1. The van der Waals surface area contributed by atoms with Gasteiger partial charge in [-0.1, -0.05) is 41.6 Å². The summed E-state index contributed by atoms with van der Waals surface area (Å²) in [5, 5.41) is 4.08. The number of aryl methyl sites for hydroxylation is 1. The van der Waals surface area contributed by atoms with Crippen LogP contribution in [0.25, 0.3) is 5.57 Å². The predicted octanol–water partition coefficient (Wildman–Crippen LogP) is 5.52. The fourth-order valence-corrected chi connectivity index (χ4v) is 2.72. The van der Waals surface area contributed by atoms with Gasteiger partial charge >= 0.3 is 0 Å². The maximum atomic E-state index is 11.8. The van der Waals surface area contributed by atoms with Gasteiger partial charge in [0.15, 0.2) is 5.78 Å². The second-order valence-electron chi connectivity index (χ2n) is 6.54. The first-order valence-corrected chi connectivity index (χ1v) is 8.35. The third kappa shape index (κ3) is 4.90. The molecular formula is C22H25NO2. The lowest BCUT2D eigenvalue weighted by Gasteiger charge is -2.13. The Morgan fingerprint density at radius 3 is 2.48 bits per heavy atom. The SMILES string of the molecule is C=C(C)O/N=C(\C)c1ccc(C2=CC(C(C)=O)=CC=C(C)C2)c(C)c1. The van der Waals surface area contributed by atoms with Crippen molar-refractivity contribution in [3.05, 3.63) is 76.6 Å². The molecule has 130 valence electrons. The minimum atomic E-state index is 0.0812. The first kappa shape index (κ1) is 18.7. The van der Waals surface area contributed by atoms with Crippen LogP contribution in [0.3, 0.4) is 0 Å². The van der Waals surface area contributed by atoms with Crippen molar-refractivity contribution >= 4 is 17.1 Å². The molecular weight excluding hydrogens is 310 g/mol. The largest absolute Gasteiger partial charge is 0.362 e. The van der Waals surface area contributed by atoms with Gasteiger partial charge in [-0.3, -0.25) is 4.79 Å². The van der Waals surface area contributed by atoms with Crippen LogP contribution in [-0.2, 0) is 9.63 Å². The van der Waals surface area contributed by atoms with Gasteiger partial charge in [-0.25, -0.2) is 0 Å². The molecule has 1 aromatic carbocycles. The maximum absolute atomic E-state index is 11.8. The molecule has 0 aliphatic heterocycles. The van der Waals surface area contributed by atoms with Crippen LogP contribution in [0.2, 0.25) is 0 Å². The lowest BCUT2D eigenvalue weighted by molar-refractivity contribution is -0.113. The molecule has 0 saturated carbocycles. The first-order valence-electron chi connectivity index (χ1n) is 8.35. The van der Waals surface area contributed by atoms with Crippen LogP contribution >= 0.6 is 0 Å². The van der Waals surface area contributed by atoms with Crippen LogP contribution in [0, 0.1) is 6.92 Å². The van der Waals surface area contributed by atoms with Gasteiger partial charge in [0.25, 0.3) is 0 Å². The van der Waals surface area contributed by atoms with Gasteiger partial charge in [0.2, 0.25) is 0 Å². The molecule has 1 aliphatic carbocycles. The van der Waals surface area contributed by atoms with Crippen molar-refractivity contribution in [3.8, 4) is 0 Å². The van der Waals surface area contributed by atoms with E-state index in [0.29, 0.717) is 5.76 Å². The Labute approximate surface area is 150 Å². The van der Waals surface area contributed by atoms with E-state index in [-0.39, 0.29) is 5.78 Å². The summed E-state index contributed by atoms with van der Waals surface area (Å²) in [7, 11) is 0. The quantitative estimate of drug-likeness (QED) is 0.404. The van der Waals surface area contributed by atoms with E-state index < -0.39 is 0 Å².